The molecule has 0 amide bonds. The number of ether oxygens (including phenoxy) is 1. The summed E-state index contributed by atoms with van der Waals surface area (Å²) in [6, 6.07) is 0.349. The molecule has 3 nitrogen and oxygen atoms in total. The first kappa shape index (κ1) is 8.48. The van der Waals surface area contributed by atoms with E-state index in [1.165, 1.54) is 0 Å². The van der Waals surface area contributed by atoms with Gasteiger partial charge in [-0.15, -0.1) is 0 Å². The van der Waals surface area contributed by atoms with Gasteiger partial charge >= 0.3 is 0 Å². The van der Waals surface area contributed by atoms with Gasteiger partial charge in [0.25, 0.3) is 0 Å². The molecular formula is C9H16NO2. The lowest BCUT2D eigenvalue weighted by Gasteiger charge is -2.11. The maximum atomic E-state index is 11.1. The predicted molar refractivity (Wildman–Crippen MR) is 44.2 cm³/mol. The molecule has 2 aliphatic rings. The van der Waals surface area contributed by atoms with E-state index in [2.05, 4.69) is 5.32 Å². The lowest BCUT2D eigenvalue weighted by atomic mass is 10.2. The van der Waals surface area contributed by atoms with Crippen LogP contribution in [-0.4, -0.2) is 24.5 Å². The van der Waals surface area contributed by atoms with E-state index < -0.39 is 6.23 Å². The lowest BCUT2D eigenvalue weighted by Crippen LogP contribution is -2.34. The Morgan fingerprint density at radius 3 is 3.17 bits per heavy atom. The van der Waals surface area contributed by atoms with Gasteiger partial charge in [0.15, 0.2) is 0 Å². The highest BCUT2D eigenvalue weighted by Crippen LogP contribution is 2.47. The molecule has 0 aromatic heterocycles. The molecule has 1 heterocycles. The second-order valence-electron chi connectivity index (χ2n) is 3.84. The van der Waals surface area contributed by atoms with Crippen molar-refractivity contribution in [3.8, 4) is 0 Å². The molecule has 0 aromatic rings. The van der Waals surface area contributed by atoms with Crippen molar-refractivity contribution in [1.29, 1.82) is 0 Å². The summed E-state index contributed by atoms with van der Waals surface area (Å²) in [5, 5.41) is 14.2. The van der Waals surface area contributed by atoms with Crippen molar-refractivity contribution in [2.75, 3.05) is 6.61 Å². The second-order valence-corrected chi connectivity index (χ2v) is 3.84. The Balaban J connectivity index is 1.79. The average Bonchev–Trinajstić information content (AvgIpc) is 2.51. The van der Waals surface area contributed by atoms with Crippen molar-refractivity contribution in [3.63, 3.8) is 0 Å². The summed E-state index contributed by atoms with van der Waals surface area (Å²) in [5.74, 6) is 0. The van der Waals surface area contributed by atoms with Crippen LogP contribution >= 0.6 is 0 Å². The number of hydrogen-bond acceptors (Lipinski definition) is 2. The van der Waals surface area contributed by atoms with Gasteiger partial charge in [-0.05, 0) is 25.7 Å². The van der Waals surface area contributed by atoms with Gasteiger partial charge in [0.1, 0.15) is 6.23 Å². The first-order valence-corrected chi connectivity index (χ1v) is 4.83. The van der Waals surface area contributed by atoms with E-state index in [4.69, 9.17) is 4.74 Å². The zero-order valence-corrected chi connectivity index (χ0v) is 7.51. The Hall–Kier alpha value is -0.120. The van der Waals surface area contributed by atoms with Crippen LogP contribution in [0.1, 0.15) is 32.6 Å². The topological polar surface area (TPSA) is 41.2 Å². The van der Waals surface area contributed by atoms with Gasteiger partial charge in [-0.3, -0.25) is 5.32 Å². The van der Waals surface area contributed by atoms with Gasteiger partial charge in [0, 0.05) is 12.6 Å². The van der Waals surface area contributed by atoms with E-state index in [9.17, 15) is 5.11 Å². The summed E-state index contributed by atoms with van der Waals surface area (Å²) < 4.78 is 5.61. The van der Waals surface area contributed by atoms with Crippen LogP contribution in [0.4, 0.5) is 0 Å². The summed E-state index contributed by atoms with van der Waals surface area (Å²) >= 11 is 0. The zero-order chi connectivity index (χ0) is 8.60. The van der Waals surface area contributed by atoms with Gasteiger partial charge in [0.2, 0.25) is 0 Å². The molecule has 1 saturated heterocycles. The third-order valence-electron chi connectivity index (χ3n) is 2.92. The number of nitrogens with one attached hydrogen (secondary N) is 1. The molecule has 1 aliphatic heterocycles. The van der Waals surface area contributed by atoms with Crippen LogP contribution in [0.5, 0.6) is 0 Å². The third kappa shape index (κ3) is 1.37. The van der Waals surface area contributed by atoms with E-state index in [1.807, 2.05) is 6.92 Å². The van der Waals surface area contributed by atoms with E-state index in [0.717, 1.165) is 25.9 Å². The van der Waals surface area contributed by atoms with Crippen LogP contribution in [0.3, 0.4) is 0 Å². The van der Waals surface area contributed by atoms with Crippen LogP contribution in [0, 0.1) is 0 Å². The third-order valence-corrected chi connectivity index (χ3v) is 2.92. The van der Waals surface area contributed by atoms with Gasteiger partial charge in [-0.2, -0.15) is 0 Å². The Morgan fingerprint density at radius 2 is 2.58 bits per heavy atom. The Labute approximate surface area is 73.1 Å². The van der Waals surface area contributed by atoms with Crippen molar-refractivity contribution >= 4 is 0 Å². The highest BCUT2D eigenvalue weighted by molar-refractivity contribution is 5.12. The quantitative estimate of drug-likeness (QED) is 0.643. The molecule has 1 saturated carbocycles. The minimum Gasteiger partial charge on any atom is -0.373 e. The predicted octanol–water partition coefficient (Wildman–Crippen LogP) is 1.06. The molecule has 3 unspecified atom stereocenters. The first-order chi connectivity index (χ1) is 5.77. The van der Waals surface area contributed by atoms with Crippen molar-refractivity contribution < 1.29 is 9.84 Å². The van der Waals surface area contributed by atoms with Crippen molar-refractivity contribution in [1.82, 2.24) is 5.32 Å². The smallest absolute Gasteiger partial charge is 0.143 e. The lowest BCUT2D eigenvalue weighted by molar-refractivity contribution is 0.0323. The molecule has 0 bridgehead atoms. The molecule has 12 heavy (non-hydrogen) atoms. The summed E-state index contributed by atoms with van der Waals surface area (Å²) in [6.07, 6.45) is 3.41. The number of hydrogen-bond donors (Lipinski definition) is 1. The van der Waals surface area contributed by atoms with E-state index >= 15 is 0 Å². The molecule has 1 aliphatic carbocycles. The molecule has 3 atom stereocenters. The minimum absolute atomic E-state index is 0.0812. The highest BCUT2D eigenvalue weighted by atomic mass is 16.5. The fourth-order valence-corrected chi connectivity index (χ4v) is 1.99. The monoisotopic (exact) mass is 170 g/mol. The van der Waals surface area contributed by atoms with Gasteiger partial charge in [-0.1, -0.05) is 6.92 Å². The molecular weight excluding hydrogens is 154 g/mol. The molecule has 1 spiro atoms. The van der Waals surface area contributed by atoms with Crippen LogP contribution in [0.2, 0.25) is 0 Å². The Morgan fingerprint density at radius 1 is 1.75 bits per heavy atom. The van der Waals surface area contributed by atoms with Crippen molar-refractivity contribution in [3.05, 3.63) is 0 Å². The molecule has 1 N–H and O–H groups in total. The van der Waals surface area contributed by atoms with Gasteiger partial charge in [-0.25, -0.2) is 5.11 Å². The van der Waals surface area contributed by atoms with Gasteiger partial charge in [0.05, 0.1) is 5.60 Å². The highest BCUT2D eigenvalue weighted by Gasteiger charge is 2.57. The summed E-state index contributed by atoms with van der Waals surface area (Å²) in [7, 11) is 0. The van der Waals surface area contributed by atoms with Crippen LogP contribution in [0.15, 0.2) is 0 Å². The average molecular weight is 170 g/mol. The van der Waals surface area contributed by atoms with Crippen LogP contribution < -0.4 is 5.32 Å². The minimum atomic E-state index is -0.599. The standard InChI is InChI=1S/C9H16NO2/c1-2-8(11)10-7-6-9(7)4-3-5-12-9/h7-8,10H,2-6H2,1H3. The maximum absolute atomic E-state index is 11.1. The normalized spacial score (nSPS) is 42.0. The summed E-state index contributed by atoms with van der Waals surface area (Å²) in [5.41, 5.74) is 0.0812. The van der Waals surface area contributed by atoms with Crippen molar-refractivity contribution in [2.45, 2.75) is 50.5 Å². The fourth-order valence-electron chi connectivity index (χ4n) is 1.99. The Kier molecular flexibility index (Phi) is 2.10. The second kappa shape index (κ2) is 2.98. The fraction of sp³-hybridized carbons (Fsp3) is 1.00. The molecule has 2 fully saturated rings. The van der Waals surface area contributed by atoms with Crippen molar-refractivity contribution in [2.24, 2.45) is 0 Å². The van der Waals surface area contributed by atoms with E-state index in [1.54, 1.807) is 0 Å². The summed E-state index contributed by atoms with van der Waals surface area (Å²) in [4.78, 5) is 0. The molecule has 1 radical (unpaired) electrons. The molecule has 69 valence electrons. The largest absolute Gasteiger partial charge is 0.373 e. The summed E-state index contributed by atoms with van der Waals surface area (Å²) in [6.45, 7) is 2.79. The number of rotatable bonds is 3. The molecule has 3 heteroatoms. The SMILES string of the molecule is CCC([O])NC1CC12CCCO2. The van der Waals surface area contributed by atoms with Crippen LogP contribution in [0.25, 0.3) is 0 Å². The molecule has 2 rings (SSSR count). The van der Waals surface area contributed by atoms with Crippen LogP contribution in [-0.2, 0) is 9.84 Å². The maximum Gasteiger partial charge on any atom is 0.143 e. The molecule has 0 aromatic carbocycles. The van der Waals surface area contributed by atoms with Gasteiger partial charge < -0.3 is 4.74 Å². The van der Waals surface area contributed by atoms with E-state index in [0.29, 0.717) is 12.5 Å². The van der Waals surface area contributed by atoms with E-state index in [-0.39, 0.29) is 5.60 Å². The zero-order valence-electron chi connectivity index (χ0n) is 7.51. The Bertz CT molecular complexity index is 166. The first-order valence-electron chi connectivity index (χ1n) is 4.83.